The number of aliphatic imine (C=N–C) groups is 1. The first-order valence-corrected chi connectivity index (χ1v) is 12.0. The molecule has 4 rings (SSSR count). The van der Waals surface area contributed by atoms with Gasteiger partial charge in [-0.2, -0.15) is 0 Å². The fourth-order valence-corrected chi connectivity index (χ4v) is 4.76. The molecule has 0 spiro atoms. The fraction of sp³-hybridized carbons (Fsp3) is 0.625. The van der Waals surface area contributed by atoms with Crippen molar-refractivity contribution in [2.45, 2.75) is 76.7 Å². The zero-order chi connectivity index (χ0) is 22.3. The molecule has 2 heterocycles. The van der Waals surface area contributed by atoms with Crippen LogP contribution in [-0.4, -0.2) is 62.0 Å². The van der Waals surface area contributed by atoms with Gasteiger partial charge in [0.05, 0.1) is 19.2 Å². The van der Waals surface area contributed by atoms with Crippen molar-refractivity contribution in [3.63, 3.8) is 0 Å². The van der Waals surface area contributed by atoms with Crippen molar-refractivity contribution in [3.05, 3.63) is 47.5 Å². The van der Waals surface area contributed by atoms with Gasteiger partial charge in [-0.05, 0) is 38.2 Å². The summed E-state index contributed by atoms with van der Waals surface area (Å²) in [5, 5.41) is 25.9. The predicted octanol–water partition coefficient (Wildman–Crippen LogP) is 2.74. The van der Waals surface area contributed by atoms with Gasteiger partial charge in [-0.25, -0.2) is 4.99 Å². The number of nitrogens with zero attached hydrogens (tertiary/aromatic N) is 5. The predicted molar refractivity (Wildman–Crippen MR) is 142 cm³/mol. The summed E-state index contributed by atoms with van der Waals surface area (Å²) in [5.74, 6) is 2.60. The molecule has 2 fully saturated rings. The molecule has 2 aliphatic rings. The molecule has 3 N–H and O–H groups in total. The van der Waals surface area contributed by atoms with Crippen LogP contribution < -0.4 is 10.6 Å². The SMILES string of the molecule is Cc1nnc(CNC(=NCc2ccccc2)NC2CCN(C3CCCCC3O)CC2)n1C.I. The van der Waals surface area contributed by atoms with Crippen LogP contribution in [0.3, 0.4) is 0 Å². The highest BCUT2D eigenvalue weighted by Gasteiger charge is 2.31. The third kappa shape index (κ3) is 7.13. The Morgan fingerprint density at radius 3 is 2.48 bits per heavy atom. The Morgan fingerprint density at radius 2 is 1.82 bits per heavy atom. The number of hydrogen-bond donors (Lipinski definition) is 3. The molecule has 1 aliphatic heterocycles. The second kappa shape index (κ2) is 12.7. The molecule has 33 heavy (non-hydrogen) atoms. The molecule has 2 aromatic rings. The first-order chi connectivity index (χ1) is 15.6. The van der Waals surface area contributed by atoms with Crippen LogP contribution in [0.4, 0.5) is 0 Å². The molecule has 2 unspecified atom stereocenters. The Morgan fingerprint density at radius 1 is 1.09 bits per heavy atom. The van der Waals surface area contributed by atoms with Crippen molar-refractivity contribution in [3.8, 4) is 0 Å². The molecule has 0 radical (unpaired) electrons. The molecule has 1 saturated carbocycles. The number of piperidine rings is 1. The lowest BCUT2D eigenvalue weighted by molar-refractivity contribution is 0.00810. The van der Waals surface area contributed by atoms with Crippen molar-refractivity contribution < 1.29 is 5.11 Å². The van der Waals surface area contributed by atoms with E-state index in [0.29, 0.717) is 25.2 Å². The highest BCUT2D eigenvalue weighted by Crippen LogP contribution is 2.25. The molecule has 0 amide bonds. The highest BCUT2D eigenvalue weighted by molar-refractivity contribution is 14.0. The average Bonchev–Trinajstić information content (AvgIpc) is 3.14. The molecule has 1 aromatic heterocycles. The molecule has 1 aliphatic carbocycles. The number of aromatic nitrogens is 3. The molecular weight excluding hydrogens is 529 g/mol. The number of aliphatic hydroxyl groups is 1. The van der Waals surface area contributed by atoms with Crippen molar-refractivity contribution in [2.75, 3.05) is 13.1 Å². The fourth-order valence-electron chi connectivity index (χ4n) is 4.76. The average molecular weight is 568 g/mol. The van der Waals surface area contributed by atoms with Gasteiger partial charge in [0.2, 0.25) is 0 Å². The number of rotatable bonds is 6. The largest absolute Gasteiger partial charge is 0.391 e. The standard InChI is InChI=1S/C24H37N7O.HI/c1-18-28-29-23(30(18)2)17-26-24(25-16-19-8-4-3-5-9-19)27-20-12-14-31(15-13-20)21-10-6-7-11-22(21)32;/h3-5,8-9,20-22,32H,6-7,10-17H2,1-2H3,(H2,25,26,27);1H. The van der Waals surface area contributed by atoms with E-state index in [1.54, 1.807) is 0 Å². The first kappa shape index (κ1) is 25.9. The van der Waals surface area contributed by atoms with E-state index >= 15 is 0 Å². The van der Waals surface area contributed by atoms with E-state index in [-0.39, 0.29) is 30.1 Å². The lowest BCUT2D eigenvalue weighted by Gasteiger charge is -2.41. The Labute approximate surface area is 214 Å². The van der Waals surface area contributed by atoms with E-state index in [4.69, 9.17) is 4.99 Å². The van der Waals surface area contributed by atoms with Gasteiger partial charge in [0.1, 0.15) is 5.82 Å². The van der Waals surface area contributed by atoms with Gasteiger partial charge in [0.15, 0.2) is 11.8 Å². The van der Waals surface area contributed by atoms with E-state index in [1.165, 1.54) is 12.0 Å². The number of hydrogen-bond acceptors (Lipinski definition) is 5. The summed E-state index contributed by atoms with van der Waals surface area (Å²) in [6, 6.07) is 11.0. The molecule has 8 nitrogen and oxygen atoms in total. The molecule has 1 aromatic carbocycles. The van der Waals surface area contributed by atoms with Gasteiger partial charge >= 0.3 is 0 Å². The Hall–Kier alpha value is -1.72. The maximum atomic E-state index is 10.4. The van der Waals surface area contributed by atoms with Gasteiger partial charge in [0.25, 0.3) is 0 Å². The van der Waals surface area contributed by atoms with E-state index < -0.39 is 0 Å². The maximum absolute atomic E-state index is 10.4. The smallest absolute Gasteiger partial charge is 0.192 e. The second-order valence-electron chi connectivity index (χ2n) is 9.10. The lowest BCUT2D eigenvalue weighted by Crippen LogP contribution is -2.53. The summed E-state index contributed by atoms with van der Waals surface area (Å²) in [5.41, 5.74) is 1.18. The number of aliphatic hydroxyl groups excluding tert-OH is 1. The van der Waals surface area contributed by atoms with Gasteiger partial charge in [-0.3, -0.25) is 4.90 Å². The number of likely N-dealkylation sites (tertiary alicyclic amines) is 1. The topological polar surface area (TPSA) is 90.6 Å². The summed E-state index contributed by atoms with van der Waals surface area (Å²) in [6.45, 7) is 5.20. The van der Waals surface area contributed by atoms with E-state index in [9.17, 15) is 5.11 Å². The number of benzene rings is 1. The van der Waals surface area contributed by atoms with Crippen molar-refractivity contribution in [2.24, 2.45) is 12.0 Å². The lowest BCUT2D eigenvalue weighted by atomic mass is 9.89. The summed E-state index contributed by atoms with van der Waals surface area (Å²) in [4.78, 5) is 7.34. The zero-order valence-electron chi connectivity index (χ0n) is 19.8. The van der Waals surface area contributed by atoms with Gasteiger partial charge < -0.3 is 20.3 Å². The first-order valence-electron chi connectivity index (χ1n) is 12.0. The third-order valence-corrected chi connectivity index (χ3v) is 6.89. The minimum atomic E-state index is -0.159. The van der Waals surface area contributed by atoms with Crippen LogP contribution in [0.25, 0.3) is 0 Å². The maximum Gasteiger partial charge on any atom is 0.192 e. The van der Waals surface area contributed by atoms with Crippen LogP contribution in [0.15, 0.2) is 35.3 Å². The van der Waals surface area contributed by atoms with E-state index in [0.717, 1.165) is 62.8 Å². The number of halogens is 1. The molecule has 0 bridgehead atoms. The van der Waals surface area contributed by atoms with Crippen LogP contribution in [-0.2, 0) is 20.1 Å². The van der Waals surface area contributed by atoms with Gasteiger partial charge in [-0.15, -0.1) is 34.2 Å². The van der Waals surface area contributed by atoms with Crippen molar-refractivity contribution in [1.29, 1.82) is 0 Å². The molecule has 1 saturated heterocycles. The number of aryl methyl sites for hydroxylation is 1. The molecular formula is C24H38IN7O. The van der Waals surface area contributed by atoms with E-state index in [1.807, 2.05) is 36.7 Å². The Kier molecular flexibility index (Phi) is 9.94. The summed E-state index contributed by atoms with van der Waals surface area (Å²) in [7, 11) is 1.98. The minimum Gasteiger partial charge on any atom is -0.391 e. The second-order valence-corrected chi connectivity index (χ2v) is 9.10. The van der Waals surface area contributed by atoms with Gasteiger partial charge in [0, 0.05) is 32.2 Å². The van der Waals surface area contributed by atoms with Crippen LogP contribution in [0.2, 0.25) is 0 Å². The molecule has 2 atom stereocenters. The van der Waals surface area contributed by atoms with Gasteiger partial charge in [-0.1, -0.05) is 43.2 Å². The zero-order valence-corrected chi connectivity index (χ0v) is 22.1. The monoisotopic (exact) mass is 567 g/mol. The Balaban J connectivity index is 0.00000306. The molecule has 9 heteroatoms. The van der Waals surface area contributed by atoms with Crippen LogP contribution in [0.5, 0.6) is 0 Å². The van der Waals surface area contributed by atoms with E-state index in [2.05, 4.69) is 37.9 Å². The molecule has 182 valence electrons. The summed E-state index contributed by atoms with van der Waals surface area (Å²) >= 11 is 0. The normalized spacial score (nSPS) is 22.6. The van der Waals surface area contributed by atoms with Crippen LogP contribution in [0, 0.1) is 6.92 Å². The van der Waals surface area contributed by atoms with Crippen LogP contribution in [0.1, 0.15) is 55.7 Å². The summed E-state index contributed by atoms with van der Waals surface area (Å²) < 4.78 is 2.00. The van der Waals surface area contributed by atoms with Crippen molar-refractivity contribution in [1.82, 2.24) is 30.3 Å². The Bertz CT molecular complexity index is 880. The van der Waals surface area contributed by atoms with Crippen LogP contribution >= 0.6 is 24.0 Å². The number of guanidine groups is 1. The quantitative estimate of drug-likeness (QED) is 0.283. The summed E-state index contributed by atoms with van der Waals surface area (Å²) in [6.07, 6.45) is 6.42. The van der Waals surface area contributed by atoms with Crippen molar-refractivity contribution >= 4 is 29.9 Å². The minimum absolute atomic E-state index is 0. The third-order valence-electron chi connectivity index (χ3n) is 6.89. The number of nitrogens with one attached hydrogen (secondary N) is 2. The highest BCUT2D eigenvalue weighted by atomic mass is 127.